The molecule has 0 amide bonds. The molecule has 0 unspecified atom stereocenters. The van der Waals surface area contributed by atoms with Crippen LogP contribution in [0.3, 0.4) is 0 Å². The lowest BCUT2D eigenvalue weighted by Crippen LogP contribution is -2.31. The van der Waals surface area contributed by atoms with Crippen LogP contribution in [0.1, 0.15) is 22.6 Å². The number of aryl methyl sites for hydroxylation is 1. The lowest BCUT2D eigenvalue weighted by molar-refractivity contribution is -0.141. The van der Waals surface area contributed by atoms with Gasteiger partial charge in [-0.05, 0) is 66.4 Å². The molecule has 1 aromatic heterocycles. The largest absolute Gasteiger partial charge is 0.434 e. The van der Waals surface area contributed by atoms with Crippen molar-refractivity contribution in [3.8, 4) is 16.8 Å². The summed E-state index contributed by atoms with van der Waals surface area (Å²) in [7, 11) is 0. The smallest absolute Gasteiger partial charge is 0.403 e. The van der Waals surface area contributed by atoms with Gasteiger partial charge in [-0.3, -0.25) is 10.2 Å². The Morgan fingerprint density at radius 3 is 2.29 bits per heavy atom. The topological polar surface area (TPSA) is 117 Å². The number of nitrogens with zero attached hydrogens (tertiary/aromatic N) is 4. The Bertz CT molecular complexity index is 1670. The summed E-state index contributed by atoms with van der Waals surface area (Å²) >= 11 is 19.7. The van der Waals surface area contributed by atoms with E-state index in [0.29, 0.717) is 27.3 Å². The van der Waals surface area contributed by atoms with E-state index in [2.05, 4.69) is 4.98 Å². The molecule has 0 saturated heterocycles. The number of rotatable bonds is 8. The highest BCUT2D eigenvalue weighted by Gasteiger charge is 2.35. The Morgan fingerprint density at radius 1 is 1.02 bits per heavy atom. The number of hydrazine groups is 1. The summed E-state index contributed by atoms with van der Waals surface area (Å²) in [5, 5.41) is 22.2. The first kappa shape index (κ1) is 31.8. The molecule has 3 aromatic carbocycles. The van der Waals surface area contributed by atoms with Crippen LogP contribution in [0.15, 0.2) is 60.9 Å². The van der Waals surface area contributed by atoms with E-state index in [4.69, 9.17) is 46.4 Å². The number of nitrogens with two attached hydrogens (primary N) is 2. The Labute approximate surface area is 258 Å². The second-order valence-corrected chi connectivity index (χ2v) is 10.8. The van der Waals surface area contributed by atoms with Crippen molar-refractivity contribution in [1.82, 2.24) is 9.55 Å². The van der Waals surface area contributed by atoms with E-state index < -0.39 is 18.5 Å². The summed E-state index contributed by atoms with van der Waals surface area (Å²) in [6, 6.07) is 12.8. The third kappa shape index (κ3) is 6.30. The number of imidazole rings is 1. The molecule has 4 rings (SSSR count). The van der Waals surface area contributed by atoms with E-state index in [1.165, 1.54) is 22.7 Å². The van der Waals surface area contributed by atoms with Crippen LogP contribution in [0, 0.1) is 6.92 Å². The lowest BCUT2D eigenvalue weighted by atomic mass is 10.0. The van der Waals surface area contributed by atoms with E-state index in [1.807, 2.05) is 0 Å². The summed E-state index contributed by atoms with van der Waals surface area (Å²) in [5.41, 5.74) is 7.75. The number of aromatic nitrogens is 2. The predicted octanol–water partition coefficient (Wildman–Crippen LogP) is 7.43. The average Bonchev–Trinajstić information content (AvgIpc) is 3.36. The Hall–Kier alpha value is -3.10. The summed E-state index contributed by atoms with van der Waals surface area (Å²) in [6.07, 6.45) is -0.936. The third-order valence-corrected chi connectivity index (χ3v) is 7.96. The quantitative estimate of drug-likeness (QED) is 0.0877. The Morgan fingerprint density at radius 2 is 1.71 bits per heavy atom. The molecule has 8 nitrogen and oxygen atoms in total. The molecule has 0 bridgehead atoms. The van der Waals surface area contributed by atoms with Gasteiger partial charge in [0.25, 0.3) is 0 Å². The molecule has 4 aromatic rings. The maximum absolute atomic E-state index is 13.5. The van der Waals surface area contributed by atoms with Gasteiger partial charge in [0.05, 0.1) is 39.4 Å². The molecule has 1 heterocycles. The fourth-order valence-corrected chi connectivity index (χ4v) is 5.20. The minimum Gasteiger partial charge on any atom is -0.403 e. The molecule has 0 saturated carbocycles. The Kier molecular flexibility index (Phi) is 9.58. The molecule has 0 aliphatic heterocycles. The van der Waals surface area contributed by atoms with Gasteiger partial charge in [-0.15, -0.1) is 0 Å². The first-order chi connectivity index (χ1) is 19.8. The van der Waals surface area contributed by atoms with E-state index in [1.54, 1.807) is 54.8 Å². The number of benzene rings is 3. The molecule has 42 heavy (non-hydrogen) atoms. The van der Waals surface area contributed by atoms with Crippen molar-refractivity contribution in [3.05, 3.63) is 98.6 Å². The molecule has 222 valence electrons. The van der Waals surface area contributed by atoms with Gasteiger partial charge in [-0.2, -0.15) is 17.6 Å². The molecular weight excluding hydrogens is 636 g/mol. The molecule has 0 aliphatic rings. The highest BCUT2D eigenvalue weighted by atomic mass is 35.5. The average molecular weight is 660 g/mol. The number of anilines is 2. The lowest BCUT2D eigenvalue weighted by Gasteiger charge is -2.26. The highest BCUT2D eigenvalue weighted by molar-refractivity contribution is 7.99. The first-order valence-electron chi connectivity index (χ1n) is 12.0. The second-order valence-electron chi connectivity index (χ2n) is 8.86. The van der Waals surface area contributed by atoms with Crippen LogP contribution < -0.4 is 21.1 Å². The van der Waals surface area contributed by atoms with Crippen LogP contribution in [0.5, 0.6) is 0 Å². The van der Waals surface area contributed by atoms with Gasteiger partial charge in [-0.25, -0.2) is 10.8 Å². The van der Waals surface area contributed by atoms with Crippen LogP contribution in [0.2, 0.25) is 15.1 Å². The van der Waals surface area contributed by atoms with Crippen molar-refractivity contribution in [2.45, 2.75) is 19.7 Å². The zero-order valence-corrected chi connectivity index (χ0v) is 25.1. The van der Waals surface area contributed by atoms with Crippen molar-refractivity contribution < 1.29 is 23.5 Å². The summed E-state index contributed by atoms with van der Waals surface area (Å²) < 4.78 is 42.7. The standard InChI is InChI=1S/C27H24Cl3F3N6O2S/c1-14-36-26(27(31,32)33)12-37(14)22-6-4-15(17-8-20(29)18(13-40)23(10-17)39(41)42-2)9-24(22)38(35)25(11-34)16-3-5-19(28)21(30)7-16/h3-12,40-41H,13,34-35H2,1-2H3/b25-11-. The molecule has 0 spiro atoms. The first-order valence-corrected chi connectivity index (χ1v) is 14.3. The minimum atomic E-state index is -4.67. The van der Waals surface area contributed by atoms with Crippen LogP contribution in [-0.4, -0.2) is 26.1 Å². The number of aliphatic hydroxyl groups excluding tert-OH is 1. The Balaban J connectivity index is 1.96. The van der Waals surface area contributed by atoms with Crippen LogP contribution in [0.4, 0.5) is 24.5 Å². The van der Waals surface area contributed by atoms with Crippen molar-refractivity contribution in [3.63, 3.8) is 0 Å². The molecular formula is C27H24Cl3F3N6O2S. The SMILES string of the molecule is CSN(O)c1cc(-c2ccc(-n3cc(C(F)(F)F)nc3C)c(N(N)/C(=C\N)c3ccc(Cl)c(Cl)c3)c2)cc(Cl)c1CO. The zero-order valence-electron chi connectivity index (χ0n) is 22.0. The van der Waals surface area contributed by atoms with Crippen LogP contribution >= 0.6 is 46.8 Å². The normalized spacial score (nSPS) is 12.1. The van der Waals surface area contributed by atoms with E-state index >= 15 is 0 Å². The monoisotopic (exact) mass is 658 g/mol. The van der Waals surface area contributed by atoms with Gasteiger partial charge in [-0.1, -0.05) is 46.9 Å². The van der Waals surface area contributed by atoms with Gasteiger partial charge in [0.1, 0.15) is 5.82 Å². The maximum atomic E-state index is 13.5. The van der Waals surface area contributed by atoms with Crippen molar-refractivity contribution in [1.29, 1.82) is 0 Å². The van der Waals surface area contributed by atoms with Gasteiger partial charge >= 0.3 is 6.18 Å². The number of aliphatic hydroxyl groups is 1. The summed E-state index contributed by atoms with van der Waals surface area (Å²) in [6.45, 7) is 1.01. The number of alkyl halides is 3. The van der Waals surface area contributed by atoms with Crippen molar-refractivity contribution in [2.75, 3.05) is 15.7 Å². The van der Waals surface area contributed by atoms with Crippen LogP contribution in [0.25, 0.3) is 22.5 Å². The van der Waals surface area contributed by atoms with Gasteiger partial charge < -0.3 is 15.4 Å². The molecule has 15 heteroatoms. The molecule has 0 aliphatic carbocycles. The second kappa shape index (κ2) is 12.6. The summed E-state index contributed by atoms with van der Waals surface area (Å²) in [4.78, 5) is 3.69. The van der Waals surface area contributed by atoms with Crippen LogP contribution in [-0.2, 0) is 12.8 Å². The fraction of sp³-hybridized carbons (Fsp3) is 0.148. The maximum Gasteiger partial charge on any atom is 0.434 e. The number of halogens is 6. The van der Waals surface area contributed by atoms with E-state index in [0.717, 1.165) is 22.6 Å². The van der Waals surface area contributed by atoms with E-state index in [-0.39, 0.29) is 38.6 Å². The predicted molar refractivity (Wildman–Crippen MR) is 163 cm³/mol. The van der Waals surface area contributed by atoms with Crippen molar-refractivity contribution in [2.24, 2.45) is 11.6 Å². The van der Waals surface area contributed by atoms with Gasteiger partial charge in [0, 0.05) is 34.8 Å². The fourth-order valence-electron chi connectivity index (χ4n) is 4.27. The van der Waals surface area contributed by atoms with Gasteiger partial charge in [0.2, 0.25) is 0 Å². The molecule has 0 atom stereocenters. The molecule has 0 fully saturated rings. The number of hydrogen-bond acceptors (Lipinski definition) is 8. The third-order valence-electron chi connectivity index (χ3n) is 6.34. The van der Waals surface area contributed by atoms with Crippen molar-refractivity contribution >= 4 is 63.8 Å². The zero-order chi connectivity index (χ0) is 30.9. The molecule has 0 radical (unpaired) electrons. The van der Waals surface area contributed by atoms with E-state index in [9.17, 15) is 23.5 Å². The summed E-state index contributed by atoms with van der Waals surface area (Å²) in [5.74, 6) is 6.68. The van der Waals surface area contributed by atoms with Gasteiger partial charge in [0.15, 0.2) is 5.69 Å². The minimum absolute atomic E-state index is 0.0612. The molecule has 6 N–H and O–H groups in total. The number of hydrogen-bond donors (Lipinski definition) is 4. The highest BCUT2D eigenvalue weighted by Crippen LogP contribution is 2.40.